The molecule has 0 saturated carbocycles. The maximum atomic E-state index is 4.71. The summed E-state index contributed by atoms with van der Waals surface area (Å²) in [5.41, 5.74) is 4.71. The van der Waals surface area contributed by atoms with Gasteiger partial charge in [-0.2, -0.15) is 12.8 Å². The van der Waals surface area contributed by atoms with E-state index in [2.05, 4.69) is 52.5 Å². The maximum absolute atomic E-state index is 4.71. The molecular formula is C25H53NS2Zn. The van der Waals surface area contributed by atoms with Gasteiger partial charge in [0.2, 0.25) is 0 Å². The summed E-state index contributed by atoms with van der Waals surface area (Å²) in [4.78, 5) is 0. The van der Waals surface area contributed by atoms with Gasteiger partial charge in [0, 0.05) is 0 Å². The van der Waals surface area contributed by atoms with Gasteiger partial charge in [0.15, 0.2) is 0 Å². The molecule has 0 amide bonds. The van der Waals surface area contributed by atoms with Gasteiger partial charge in [0.05, 0.1) is 0 Å². The van der Waals surface area contributed by atoms with Gasteiger partial charge in [-0.15, -0.1) is 12.6 Å². The zero-order chi connectivity index (χ0) is 21.7. The molecule has 0 unspecified atom stereocenters. The van der Waals surface area contributed by atoms with Crippen molar-refractivity contribution in [1.82, 2.24) is 0 Å². The van der Waals surface area contributed by atoms with E-state index in [4.69, 9.17) is 5.73 Å². The Labute approximate surface area is 209 Å². The van der Waals surface area contributed by atoms with Crippen LogP contribution in [-0.4, -0.2) is 4.32 Å². The number of thiocarbonyl (C=S) groups is 1. The fourth-order valence-corrected chi connectivity index (χ4v) is 2.97. The Bertz CT molecular complexity index is 219. The van der Waals surface area contributed by atoms with E-state index >= 15 is 0 Å². The second-order valence-corrected chi connectivity index (χ2v) is 8.93. The molecule has 172 valence electrons. The van der Waals surface area contributed by atoms with Gasteiger partial charge in [0.1, 0.15) is 4.32 Å². The molecule has 0 aromatic heterocycles. The first-order chi connectivity index (χ1) is 13.6. The summed E-state index contributed by atoms with van der Waals surface area (Å²) < 4.78 is 0.194. The summed E-state index contributed by atoms with van der Waals surface area (Å²) in [7, 11) is 0. The number of rotatable bonds is 18. The van der Waals surface area contributed by atoms with Crippen molar-refractivity contribution in [3.8, 4) is 0 Å². The van der Waals surface area contributed by atoms with Crippen LogP contribution in [0.3, 0.4) is 0 Å². The zero-order valence-corrected chi connectivity index (χ0v) is 24.9. The minimum Gasteiger partial charge on any atom is -0.385 e. The molecule has 0 aliphatic heterocycles. The first-order valence-corrected chi connectivity index (χ1v) is 13.0. The number of nitrogens with two attached hydrogens (primary N) is 1. The monoisotopic (exact) mass is 495 g/mol. The molecule has 0 atom stereocenters. The van der Waals surface area contributed by atoms with Crippen LogP contribution in [0.4, 0.5) is 0 Å². The molecule has 0 aromatic rings. The summed E-state index contributed by atoms with van der Waals surface area (Å²) in [6.45, 7) is 12.2. The molecule has 0 heterocycles. The molecule has 0 fully saturated rings. The van der Waals surface area contributed by atoms with Crippen molar-refractivity contribution in [1.29, 1.82) is 0 Å². The molecule has 1 nitrogen and oxygen atoms in total. The van der Waals surface area contributed by atoms with Crippen LogP contribution in [0, 0.1) is 13.8 Å². The van der Waals surface area contributed by atoms with E-state index in [1.807, 2.05) is 0 Å². The summed E-state index contributed by atoms with van der Waals surface area (Å²) in [6, 6.07) is 0. The first-order valence-electron chi connectivity index (χ1n) is 12.1. The van der Waals surface area contributed by atoms with Gasteiger partial charge >= 0.3 is 19.5 Å². The van der Waals surface area contributed by atoms with Gasteiger partial charge in [-0.3, -0.25) is 0 Å². The van der Waals surface area contributed by atoms with Crippen LogP contribution in [0.15, 0.2) is 0 Å². The topological polar surface area (TPSA) is 26.0 Å². The van der Waals surface area contributed by atoms with E-state index in [0.29, 0.717) is 0 Å². The molecule has 0 rings (SSSR count). The van der Waals surface area contributed by atoms with Crippen molar-refractivity contribution >= 4 is 29.2 Å². The number of hydrogen-bond acceptors (Lipinski definition) is 1. The molecule has 0 saturated heterocycles. The van der Waals surface area contributed by atoms with Gasteiger partial charge in [-0.05, 0) is 0 Å². The summed E-state index contributed by atoms with van der Waals surface area (Å²) in [5, 5.41) is 0. The van der Waals surface area contributed by atoms with E-state index in [9.17, 15) is 0 Å². The molecular weight excluding hydrogens is 444 g/mol. The average molecular weight is 497 g/mol. The Morgan fingerprint density at radius 3 is 0.931 bits per heavy atom. The van der Waals surface area contributed by atoms with Gasteiger partial charge < -0.3 is 19.6 Å². The Balaban J connectivity index is -0.000000177. The zero-order valence-electron chi connectivity index (χ0n) is 20.2. The van der Waals surface area contributed by atoms with Crippen molar-refractivity contribution in [3.05, 3.63) is 13.8 Å². The minimum absolute atomic E-state index is 0. The molecule has 4 heteroatoms. The van der Waals surface area contributed by atoms with Crippen molar-refractivity contribution in [3.63, 3.8) is 0 Å². The Morgan fingerprint density at radius 2 is 0.759 bits per heavy atom. The van der Waals surface area contributed by atoms with Crippen molar-refractivity contribution in [2.45, 2.75) is 142 Å². The summed E-state index contributed by atoms with van der Waals surface area (Å²) in [6.07, 6.45) is 27.8. The van der Waals surface area contributed by atoms with Crippen LogP contribution in [0.25, 0.3) is 0 Å². The third kappa shape index (κ3) is 58.5. The Morgan fingerprint density at radius 1 is 0.586 bits per heavy atom. The SMILES string of the molecule is NC(=S)S.[CH2-]CCCCCCCCCCC.[CH2-]CCCCCCCCCCC.[Zn+2]. The maximum Gasteiger partial charge on any atom is 2.00 e. The fraction of sp³-hybridized carbons (Fsp3) is 0.880. The second kappa shape index (κ2) is 39.4. The van der Waals surface area contributed by atoms with Crippen LogP contribution in [-0.2, 0) is 19.5 Å². The average Bonchev–Trinajstić information content (AvgIpc) is 2.66. The number of unbranched alkanes of at least 4 members (excludes halogenated alkanes) is 18. The van der Waals surface area contributed by atoms with Crippen molar-refractivity contribution in [2.75, 3.05) is 0 Å². The standard InChI is InChI=1S/2C12H25.CH3NS2.Zn/c2*1-3-5-7-9-11-12-10-8-6-4-2;2-1(3)4;/h2*1,3-12H2,2H3;(H3,2,3,4);/q2*-1;;+2. The van der Waals surface area contributed by atoms with Crippen LogP contribution < -0.4 is 5.73 Å². The fourth-order valence-electron chi connectivity index (χ4n) is 2.97. The third-order valence-corrected chi connectivity index (χ3v) is 4.71. The number of hydrogen-bond donors (Lipinski definition) is 2. The summed E-state index contributed by atoms with van der Waals surface area (Å²) >= 11 is 7.65. The smallest absolute Gasteiger partial charge is 0.385 e. The van der Waals surface area contributed by atoms with Crippen molar-refractivity contribution < 1.29 is 19.5 Å². The van der Waals surface area contributed by atoms with E-state index in [1.165, 1.54) is 116 Å². The normalized spacial score (nSPS) is 9.55. The largest absolute Gasteiger partial charge is 2.00 e. The van der Waals surface area contributed by atoms with Gasteiger partial charge in [0.25, 0.3) is 0 Å². The van der Waals surface area contributed by atoms with E-state index in [0.717, 1.165) is 12.8 Å². The molecule has 0 aromatic carbocycles. The van der Waals surface area contributed by atoms with Crippen LogP contribution >= 0.6 is 24.8 Å². The molecule has 0 bridgehead atoms. The Kier molecular flexibility index (Phi) is 50.5. The van der Waals surface area contributed by atoms with E-state index in [1.54, 1.807) is 0 Å². The third-order valence-electron chi connectivity index (χ3n) is 4.71. The predicted octanol–water partition coefficient (Wildman–Crippen LogP) is 9.64. The van der Waals surface area contributed by atoms with Crippen molar-refractivity contribution in [2.24, 2.45) is 5.73 Å². The van der Waals surface area contributed by atoms with Gasteiger partial charge in [-0.25, -0.2) is 0 Å². The predicted molar refractivity (Wildman–Crippen MR) is 140 cm³/mol. The van der Waals surface area contributed by atoms with E-state index in [-0.39, 0.29) is 23.8 Å². The molecule has 0 spiro atoms. The molecule has 2 N–H and O–H groups in total. The molecule has 29 heavy (non-hydrogen) atoms. The molecule has 0 radical (unpaired) electrons. The first kappa shape index (κ1) is 37.2. The summed E-state index contributed by atoms with van der Waals surface area (Å²) in [5.74, 6) is 0. The molecule has 0 aliphatic rings. The van der Waals surface area contributed by atoms with Crippen LogP contribution in [0.1, 0.15) is 142 Å². The number of thiol groups is 1. The van der Waals surface area contributed by atoms with Gasteiger partial charge in [-0.1, -0.05) is 142 Å². The van der Waals surface area contributed by atoms with Crippen LogP contribution in [0.5, 0.6) is 0 Å². The minimum atomic E-state index is 0. The quantitative estimate of drug-likeness (QED) is 0.0649. The van der Waals surface area contributed by atoms with Crippen LogP contribution in [0.2, 0.25) is 0 Å². The Hall–Kier alpha value is 0.863. The molecule has 0 aliphatic carbocycles. The second-order valence-electron chi connectivity index (χ2n) is 7.70. The van der Waals surface area contributed by atoms with E-state index < -0.39 is 0 Å².